The van der Waals surface area contributed by atoms with E-state index in [1.54, 1.807) is 0 Å². The number of nitrogens with zero attached hydrogens (tertiary/aromatic N) is 2. The Morgan fingerprint density at radius 2 is 0.796 bits per heavy atom. The molecule has 0 spiro atoms. The summed E-state index contributed by atoms with van der Waals surface area (Å²) in [5.41, 5.74) is 11.2. The van der Waals surface area contributed by atoms with E-state index < -0.39 is 0 Å². The number of rotatable bonds is 4. The number of benzene rings is 9. The average molecular weight is 685 g/mol. The molecule has 0 saturated carbocycles. The molecule has 0 bridgehead atoms. The Morgan fingerprint density at radius 1 is 0.296 bits per heavy atom. The van der Waals surface area contributed by atoms with Crippen LogP contribution >= 0.6 is 0 Å². The number of hydrogen-bond acceptors (Lipinski definition) is 2. The topological polar surface area (TPSA) is 25.8 Å². The molecule has 0 aliphatic rings. The predicted octanol–water partition coefficient (Wildman–Crippen LogP) is 14.1. The zero-order valence-corrected chi connectivity index (χ0v) is 29.4. The minimum atomic E-state index is 0.915. The van der Waals surface area contributed by atoms with Gasteiger partial charge in [-0.3, -0.25) is 4.98 Å². The first-order valence-corrected chi connectivity index (χ1v) is 18.5. The van der Waals surface area contributed by atoms with Gasteiger partial charge in [0.25, 0.3) is 0 Å². The summed E-state index contributed by atoms with van der Waals surface area (Å²) >= 11 is 0. The summed E-state index contributed by atoms with van der Waals surface area (Å²) < 4.78 is 0. The van der Waals surface area contributed by atoms with E-state index in [-0.39, 0.29) is 0 Å². The molecule has 0 aliphatic carbocycles. The highest BCUT2D eigenvalue weighted by Gasteiger charge is 2.21. The summed E-state index contributed by atoms with van der Waals surface area (Å²) in [4.78, 5) is 10.2. The van der Waals surface area contributed by atoms with Crippen molar-refractivity contribution in [3.05, 3.63) is 194 Å². The van der Waals surface area contributed by atoms with Crippen LogP contribution in [0.15, 0.2) is 194 Å². The molecule has 0 N–H and O–H groups in total. The van der Waals surface area contributed by atoms with Gasteiger partial charge in [-0.25, -0.2) is 4.98 Å². The van der Waals surface area contributed by atoms with E-state index in [9.17, 15) is 0 Å². The Morgan fingerprint density at radius 3 is 1.41 bits per heavy atom. The van der Waals surface area contributed by atoms with Crippen LogP contribution in [0.4, 0.5) is 0 Å². The lowest BCUT2D eigenvalue weighted by atomic mass is 9.84. The first kappa shape index (κ1) is 30.5. The molecule has 11 aromatic rings. The van der Waals surface area contributed by atoms with Crippen LogP contribution in [-0.4, -0.2) is 9.97 Å². The summed E-state index contributed by atoms with van der Waals surface area (Å²) in [6.45, 7) is 0. The van der Waals surface area contributed by atoms with Crippen molar-refractivity contribution < 1.29 is 0 Å². The minimum Gasteiger partial charge on any atom is -0.254 e. The summed E-state index contributed by atoms with van der Waals surface area (Å²) in [5.74, 6) is 0. The number of pyridine rings is 2. The van der Waals surface area contributed by atoms with E-state index in [0.717, 1.165) is 38.6 Å². The lowest BCUT2D eigenvalue weighted by molar-refractivity contribution is 1.37. The van der Waals surface area contributed by atoms with Crippen LogP contribution in [0.1, 0.15) is 0 Å². The van der Waals surface area contributed by atoms with E-state index >= 15 is 0 Å². The Labute approximate surface area is 312 Å². The van der Waals surface area contributed by atoms with Gasteiger partial charge in [-0.15, -0.1) is 0 Å². The Bertz CT molecular complexity index is 3140. The molecule has 2 aromatic heterocycles. The fraction of sp³-hybridized carbons (Fsp3) is 0. The molecule has 2 heteroatoms. The van der Waals surface area contributed by atoms with Crippen LogP contribution in [0.3, 0.4) is 0 Å². The smallest absolute Gasteiger partial charge is 0.0978 e. The Hall–Kier alpha value is -7.16. The van der Waals surface area contributed by atoms with Crippen molar-refractivity contribution >= 4 is 64.9 Å². The van der Waals surface area contributed by atoms with Gasteiger partial charge in [-0.05, 0) is 94.7 Å². The molecular formula is C52H32N2. The second kappa shape index (κ2) is 12.2. The standard InChI is InChI=1S/C52H32N2/c1-2-13-33(14-3-1)47-32-46(45-29-28-36-17-12-30-53-51(36)52(45)54-47)50-43-22-10-8-20-41(43)49(42-21-9-11-23-44(42)50)35-26-24-34(25-27-35)48-39-18-6-4-15-37(39)31-38-16-5-7-19-40(38)48/h1-32H. The van der Waals surface area contributed by atoms with Crippen molar-refractivity contribution in [1.82, 2.24) is 9.97 Å². The molecule has 250 valence electrons. The SMILES string of the molecule is c1ccc(-c2cc(-c3c4ccccc4c(-c4ccc(-c5c6ccccc6cc6ccccc56)cc4)c4ccccc34)c3ccc4cccnc4c3n2)cc1. The second-order valence-electron chi connectivity index (χ2n) is 14.1. The highest BCUT2D eigenvalue weighted by Crippen LogP contribution is 2.47. The van der Waals surface area contributed by atoms with Gasteiger partial charge in [0.2, 0.25) is 0 Å². The lowest BCUT2D eigenvalue weighted by Crippen LogP contribution is -1.95. The Kier molecular flexibility index (Phi) is 6.90. The van der Waals surface area contributed by atoms with E-state index in [0.29, 0.717) is 0 Å². The van der Waals surface area contributed by atoms with E-state index in [2.05, 4.69) is 182 Å². The lowest BCUT2D eigenvalue weighted by Gasteiger charge is -2.20. The van der Waals surface area contributed by atoms with Gasteiger partial charge in [-0.1, -0.05) is 170 Å². The van der Waals surface area contributed by atoms with Gasteiger partial charge in [0.15, 0.2) is 0 Å². The van der Waals surface area contributed by atoms with Crippen molar-refractivity contribution in [3.8, 4) is 44.6 Å². The van der Waals surface area contributed by atoms with Crippen molar-refractivity contribution in [2.24, 2.45) is 0 Å². The quantitative estimate of drug-likeness (QED) is 0.136. The number of aromatic nitrogens is 2. The molecule has 0 fully saturated rings. The molecule has 9 aromatic carbocycles. The molecule has 0 radical (unpaired) electrons. The summed E-state index contributed by atoms with van der Waals surface area (Å²) in [5, 5.41) is 12.1. The molecular weight excluding hydrogens is 653 g/mol. The molecule has 0 amide bonds. The predicted molar refractivity (Wildman–Crippen MR) is 229 cm³/mol. The highest BCUT2D eigenvalue weighted by atomic mass is 14.8. The normalized spacial score (nSPS) is 11.7. The average Bonchev–Trinajstić information content (AvgIpc) is 3.24. The van der Waals surface area contributed by atoms with Crippen molar-refractivity contribution in [2.45, 2.75) is 0 Å². The second-order valence-corrected chi connectivity index (χ2v) is 14.1. The van der Waals surface area contributed by atoms with Gasteiger partial charge in [0.1, 0.15) is 0 Å². The number of hydrogen-bond donors (Lipinski definition) is 0. The van der Waals surface area contributed by atoms with Gasteiger partial charge in [0.05, 0.1) is 16.7 Å². The zero-order valence-electron chi connectivity index (χ0n) is 29.4. The summed E-state index contributed by atoms with van der Waals surface area (Å²) in [6, 6.07) is 68.1. The third-order valence-corrected chi connectivity index (χ3v) is 11.1. The third-order valence-electron chi connectivity index (χ3n) is 11.1. The van der Waals surface area contributed by atoms with Crippen LogP contribution in [0, 0.1) is 0 Å². The monoisotopic (exact) mass is 684 g/mol. The third kappa shape index (κ3) is 4.74. The summed E-state index contributed by atoms with van der Waals surface area (Å²) in [7, 11) is 0. The maximum Gasteiger partial charge on any atom is 0.0978 e. The zero-order chi connectivity index (χ0) is 35.6. The maximum absolute atomic E-state index is 5.29. The first-order valence-electron chi connectivity index (χ1n) is 18.5. The van der Waals surface area contributed by atoms with Crippen molar-refractivity contribution in [3.63, 3.8) is 0 Å². The largest absolute Gasteiger partial charge is 0.254 e. The van der Waals surface area contributed by atoms with E-state index in [4.69, 9.17) is 9.97 Å². The molecule has 0 atom stereocenters. The van der Waals surface area contributed by atoms with Gasteiger partial charge >= 0.3 is 0 Å². The van der Waals surface area contributed by atoms with Gasteiger partial charge < -0.3 is 0 Å². The van der Waals surface area contributed by atoms with Crippen LogP contribution in [0.5, 0.6) is 0 Å². The van der Waals surface area contributed by atoms with Gasteiger partial charge in [0, 0.05) is 22.5 Å². The molecule has 0 unspecified atom stereocenters. The Balaban J connectivity index is 1.18. The van der Waals surface area contributed by atoms with E-state index in [1.807, 2.05) is 12.3 Å². The maximum atomic E-state index is 5.29. The van der Waals surface area contributed by atoms with Crippen LogP contribution in [0.2, 0.25) is 0 Å². The molecule has 2 heterocycles. The van der Waals surface area contributed by atoms with Gasteiger partial charge in [-0.2, -0.15) is 0 Å². The summed E-state index contributed by atoms with van der Waals surface area (Å²) in [6.07, 6.45) is 1.87. The molecule has 0 saturated heterocycles. The van der Waals surface area contributed by atoms with Crippen molar-refractivity contribution in [1.29, 1.82) is 0 Å². The molecule has 0 aliphatic heterocycles. The van der Waals surface area contributed by atoms with E-state index in [1.165, 1.54) is 70.9 Å². The van der Waals surface area contributed by atoms with Crippen LogP contribution in [0.25, 0.3) is 110 Å². The van der Waals surface area contributed by atoms with Crippen LogP contribution < -0.4 is 0 Å². The van der Waals surface area contributed by atoms with Crippen LogP contribution in [-0.2, 0) is 0 Å². The molecule has 54 heavy (non-hydrogen) atoms. The molecule has 11 rings (SSSR count). The number of fused-ring (bicyclic) bond motifs is 7. The fourth-order valence-corrected chi connectivity index (χ4v) is 8.65. The highest BCUT2D eigenvalue weighted by molar-refractivity contribution is 6.24. The minimum absolute atomic E-state index is 0.915. The van der Waals surface area contributed by atoms with Crippen molar-refractivity contribution in [2.75, 3.05) is 0 Å². The first-order chi connectivity index (χ1) is 26.8. The fourth-order valence-electron chi connectivity index (χ4n) is 8.65. The molecule has 2 nitrogen and oxygen atoms in total.